The Morgan fingerprint density at radius 3 is 2.00 bits per heavy atom. The summed E-state index contributed by atoms with van der Waals surface area (Å²) in [5.74, 6) is -0.145. The molecule has 0 radical (unpaired) electrons. The van der Waals surface area contributed by atoms with Crippen molar-refractivity contribution in [2.75, 3.05) is 7.11 Å². The van der Waals surface area contributed by atoms with Gasteiger partial charge in [-0.15, -0.1) is 0 Å². The number of carbonyl (C=O) groups excluding carboxylic acids is 1. The highest BCUT2D eigenvalue weighted by atomic mass is 28.4. The van der Waals surface area contributed by atoms with Crippen molar-refractivity contribution in [1.29, 1.82) is 0 Å². The lowest BCUT2D eigenvalue weighted by Crippen LogP contribution is -2.39. The summed E-state index contributed by atoms with van der Waals surface area (Å²) >= 11 is 0. The van der Waals surface area contributed by atoms with E-state index in [-0.39, 0.29) is 17.6 Å². The summed E-state index contributed by atoms with van der Waals surface area (Å²) < 4.78 is 10.5. The van der Waals surface area contributed by atoms with E-state index < -0.39 is 8.32 Å². The Morgan fingerprint density at radius 2 is 1.69 bits per heavy atom. The van der Waals surface area contributed by atoms with Crippen molar-refractivity contribution in [2.45, 2.75) is 45.5 Å². The first-order valence-electron chi connectivity index (χ1n) is 4.57. The molecule has 3 nitrogen and oxygen atoms in total. The van der Waals surface area contributed by atoms with Crippen molar-refractivity contribution in [3.05, 3.63) is 0 Å². The molecule has 0 saturated carbocycles. The first-order valence-corrected chi connectivity index (χ1v) is 7.55. The Balaban J connectivity index is 4.25. The van der Waals surface area contributed by atoms with Crippen LogP contribution in [0.3, 0.4) is 0 Å². The van der Waals surface area contributed by atoms with Gasteiger partial charge in [0.2, 0.25) is 0 Å². The number of rotatable bonds is 4. The Bertz CT molecular complexity index is 178. The van der Waals surface area contributed by atoms with Crippen LogP contribution in [0.5, 0.6) is 0 Å². The number of hydrogen-bond acceptors (Lipinski definition) is 3. The van der Waals surface area contributed by atoms with Crippen LogP contribution < -0.4 is 0 Å². The van der Waals surface area contributed by atoms with Crippen LogP contribution in [-0.2, 0) is 14.0 Å². The molecule has 0 heterocycles. The number of carbonyl (C=O) groups is 1. The van der Waals surface area contributed by atoms with Crippen molar-refractivity contribution in [3.8, 4) is 0 Å². The normalized spacial score (nSPS) is 14.4. The van der Waals surface area contributed by atoms with Crippen LogP contribution in [0.25, 0.3) is 0 Å². The topological polar surface area (TPSA) is 35.5 Å². The Morgan fingerprint density at radius 1 is 1.23 bits per heavy atom. The van der Waals surface area contributed by atoms with Gasteiger partial charge in [0.25, 0.3) is 0 Å². The monoisotopic (exact) mass is 204 g/mol. The second kappa shape index (κ2) is 4.76. The molecule has 1 atom stereocenters. The zero-order valence-corrected chi connectivity index (χ0v) is 10.4. The Labute approximate surface area is 81.6 Å². The molecule has 0 bridgehead atoms. The first kappa shape index (κ1) is 12.6. The lowest BCUT2D eigenvalue weighted by Gasteiger charge is -2.26. The average Bonchev–Trinajstić information content (AvgIpc) is 2.01. The highest BCUT2D eigenvalue weighted by Crippen LogP contribution is 2.23. The molecular formula is C9H20O3Si. The van der Waals surface area contributed by atoms with E-state index in [2.05, 4.69) is 0 Å². The van der Waals surface area contributed by atoms with Crippen molar-refractivity contribution >= 4 is 14.3 Å². The highest BCUT2D eigenvalue weighted by molar-refractivity contribution is 6.75. The van der Waals surface area contributed by atoms with Crippen LogP contribution in [0.2, 0.25) is 18.6 Å². The summed E-state index contributed by atoms with van der Waals surface area (Å²) in [6, 6.07) is 0. The van der Waals surface area contributed by atoms with Crippen LogP contribution >= 0.6 is 0 Å². The van der Waals surface area contributed by atoms with E-state index in [4.69, 9.17) is 9.16 Å². The van der Waals surface area contributed by atoms with Gasteiger partial charge in [0.1, 0.15) is 0 Å². The Hall–Kier alpha value is -0.353. The van der Waals surface area contributed by atoms with Gasteiger partial charge < -0.3 is 9.16 Å². The SMILES string of the molecule is CO[Si](C)(C)C(C)C(=O)OC(C)C. The van der Waals surface area contributed by atoms with Crippen molar-refractivity contribution in [2.24, 2.45) is 0 Å². The molecule has 0 aliphatic rings. The lowest BCUT2D eigenvalue weighted by molar-refractivity contribution is -0.147. The third-order valence-corrected chi connectivity index (χ3v) is 5.65. The third kappa shape index (κ3) is 3.91. The molecule has 13 heavy (non-hydrogen) atoms. The molecule has 4 heteroatoms. The van der Waals surface area contributed by atoms with Gasteiger partial charge in [0.05, 0.1) is 11.6 Å². The van der Waals surface area contributed by atoms with Crippen molar-refractivity contribution in [1.82, 2.24) is 0 Å². The molecule has 0 N–H and O–H groups in total. The van der Waals surface area contributed by atoms with E-state index in [1.54, 1.807) is 7.11 Å². The molecule has 0 aliphatic heterocycles. The molecule has 0 aromatic heterocycles. The summed E-state index contributed by atoms with van der Waals surface area (Å²) in [6.45, 7) is 9.61. The summed E-state index contributed by atoms with van der Waals surface area (Å²) in [4.78, 5) is 11.5. The smallest absolute Gasteiger partial charge is 0.308 e. The second-order valence-electron chi connectivity index (χ2n) is 4.01. The van der Waals surface area contributed by atoms with Gasteiger partial charge in [-0.3, -0.25) is 4.79 Å². The predicted octanol–water partition coefficient (Wildman–Crippen LogP) is 2.18. The van der Waals surface area contributed by atoms with E-state index >= 15 is 0 Å². The number of ether oxygens (including phenoxy) is 1. The van der Waals surface area contributed by atoms with Gasteiger partial charge in [0.15, 0.2) is 8.32 Å². The molecule has 0 amide bonds. The summed E-state index contributed by atoms with van der Waals surface area (Å²) in [6.07, 6.45) is -0.0448. The molecule has 0 saturated heterocycles. The average molecular weight is 204 g/mol. The van der Waals surface area contributed by atoms with Gasteiger partial charge in [0, 0.05) is 7.11 Å². The molecular weight excluding hydrogens is 184 g/mol. The quantitative estimate of drug-likeness (QED) is 0.520. The van der Waals surface area contributed by atoms with Crippen LogP contribution in [0.4, 0.5) is 0 Å². The number of esters is 1. The van der Waals surface area contributed by atoms with Gasteiger partial charge in [-0.25, -0.2) is 0 Å². The molecule has 0 aromatic rings. The fourth-order valence-electron chi connectivity index (χ4n) is 0.795. The van der Waals surface area contributed by atoms with Crippen LogP contribution in [-0.4, -0.2) is 27.5 Å². The van der Waals surface area contributed by atoms with E-state index in [1.807, 2.05) is 33.9 Å². The first-order chi connectivity index (χ1) is 5.81. The van der Waals surface area contributed by atoms with Gasteiger partial charge in [-0.1, -0.05) is 6.92 Å². The minimum atomic E-state index is -1.89. The van der Waals surface area contributed by atoms with Crippen LogP contribution in [0.1, 0.15) is 20.8 Å². The second-order valence-corrected chi connectivity index (χ2v) is 8.50. The summed E-state index contributed by atoms with van der Waals surface area (Å²) in [5.41, 5.74) is -0.111. The molecule has 0 aliphatic carbocycles. The van der Waals surface area contributed by atoms with Crippen molar-refractivity contribution < 1.29 is 14.0 Å². The minimum absolute atomic E-state index is 0.0448. The molecule has 0 aromatic carbocycles. The standard InChI is InChI=1S/C9H20O3Si/c1-7(2)12-9(10)8(3)13(5,6)11-4/h7-8H,1-6H3. The zero-order valence-electron chi connectivity index (χ0n) is 9.38. The van der Waals surface area contributed by atoms with E-state index in [0.717, 1.165) is 0 Å². The van der Waals surface area contributed by atoms with Gasteiger partial charge in [-0.05, 0) is 26.9 Å². The largest absolute Gasteiger partial charge is 0.463 e. The molecule has 0 fully saturated rings. The van der Waals surface area contributed by atoms with Gasteiger partial charge >= 0.3 is 5.97 Å². The van der Waals surface area contributed by atoms with E-state index in [0.29, 0.717) is 0 Å². The minimum Gasteiger partial charge on any atom is -0.463 e. The zero-order chi connectivity index (χ0) is 10.6. The molecule has 0 spiro atoms. The molecule has 78 valence electrons. The van der Waals surface area contributed by atoms with Crippen molar-refractivity contribution in [3.63, 3.8) is 0 Å². The fourth-order valence-corrected chi connectivity index (χ4v) is 1.78. The summed E-state index contributed by atoms with van der Waals surface area (Å²) in [7, 11) is -0.227. The van der Waals surface area contributed by atoms with Crippen LogP contribution in [0.15, 0.2) is 0 Å². The number of hydrogen-bond donors (Lipinski definition) is 0. The van der Waals surface area contributed by atoms with E-state index in [9.17, 15) is 4.79 Å². The molecule has 0 rings (SSSR count). The van der Waals surface area contributed by atoms with E-state index in [1.165, 1.54) is 0 Å². The Kier molecular flexibility index (Phi) is 4.63. The maximum absolute atomic E-state index is 11.5. The predicted molar refractivity (Wildman–Crippen MR) is 55.1 cm³/mol. The summed E-state index contributed by atoms with van der Waals surface area (Å²) in [5, 5.41) is 0. The van der Waals surface area contributed by atoms with Crippen LogP contribution in [0, 0.1) is 0 Å². The maximum Gasteiger partial charge on any atom is 0.308 e. The highest BCUT2D eigenvalue weighted by Gasteiger charge is 2.35. The van der Waals surface area contributed by atoms with Gasteiger partial charge in [-0.2, -0.15) is 0 Å². The fraction of sp³-hybridized carbons (Fsp3) is 0.889. The molecule has 1 unspecified atom stereocenters. The maximum atomic E-state index is 11.5. The lowest BCUT2D eigenvalue weighted by atomic mass is 10.4. The third-order valence-electron chi connectivity index (χ3n) is 2.27.